The van der Waals surface area contributed by atoms with Crippen LogP contribution in [0.2, 0.25) is 0 Å². The Kier molecular flexibility index (Phi) is 4.01. The molecule has 0 saturated heterocycles. The average Bonchev–Trinajstić information content (AvgIpc) is 3.19. The van der Waals surface area contributed by atoms with Gasteiger partial charge in [0.05, 0.1) is 5.56 Å². The molecular weight excluding hydrogens is 269 g/mol. The highest BCUT2D eigenvalue weighted by Gasteiger charge is 2.30. The van der Waals surface area contributed by atoms with Crippen LogP contribution in [0.25, 0.3) is 0 Å². The summed E-state index contributed by atoms with van der Waals surface area (Å²) >= 11 is 0. The van der Waals surface area contributed by atoms with Crippen molar-refractivity contribution in [2.45, 2.75) is 25.9 Å². The number of benzene rings is 1. The summed E-state index contributed by atoms with van der Waals surface area (Å²) in [4.78, 5) is 11.6. The Hall–Kier alpha value is -1.98. The van der Waals surface area contributed by atoms with Crippen LogP contribution in [0, 0.1) is 5.92 Å². The first kappa shape index (κ1) is 14.4. The van der Waals surface area contributed by atoms with E-state index in [-0.39, 0.29) is 5.69 Å². The summed E-state index contributed by atoms with van der Waals surface area (Å²) in [7, 11) is 0. The number of halogens is 3. The summed E-state index contributed by atoms with van der Waals surface area (Å²) in [6.07, 6.45) is -0.574. The minimum absolute atomic E-state index is 0.106. The van der Waals surface area contributed by atoms with Gasteiger partial charge in [-0.2, -0.15) is 13.2 Å². The van der Waals surface area contributed by atoms with Crippen LogP contribution in [0.15, 0.2) is 36.0 Å². The maximum absolute atomic E-state index is 12.5. The average molecular weight is 284 g/mol. The van der Waals surface area contributed by atoms with Crippen LogP contribution in [0.5, 0.6) is 0 Å². The lowest BCUT2D eigenvalue weighted by Gasteiger charge is -2.10. The molecule has 0 radical (unpaired) electrons. The van der Waals surface area contributed by atoms with E-state index < -0.39 is 17.8 Å². The highest BCUT2D eigenvalue weighted by Crippen LogP contribution is 2.35. The molecule has 1 aliphatic carbocycles. The van der Waals surface area contributed by atoms with Crippen molar-refractivity contribution in [1.29, 1.82) is 0 Å². The standard InChI is InChI=1S/C14H15F3N2O/c1-9(10-5-6-10)8-18-13(20)19-12-4-2-3-11(7-12)14(15,16)17/h2-4,7-8,10H,5-6H2,1H3,(H2,18,19,20)/b9-8+. The van der Waals surface area contributed by atoms with Gasteiger partial charge in [-0.25, -0.2) is 4.79 Å². The molecular formula is C14H15F3N2O. The normalized spacial score (nSPS) is 15.9. The zero-order chi connectivity index (χ0) is 14.8. The first-order valence-corrected chi connectivity index (χ1v) is 6.27. The Labute approximate surface area is 114 Å². The Morgan fingerprint density at radius 2 is 2.05 bits per heavy atom. The van der Waals surface area contributed by atoms with Gasteiger partial charge in [0.15, 0.2) is 0 Å². The number of carbonyl (C=O) groups excluding carboxylic acids is 1. The third-order valence-electron chi connectivity index (χ3n) is 3.10. The van der Waals surface area contributed by atoms with Crippen LogP contribution in [-0.2, 0) is 6.18 Å². The number of amides is 2. The quantitative estimate of drug-likeness (QED) is 0.860. The molecule has 0 aliphatic heterocycles. The first-order chi connectivity index (χ1) is 9.36. The largest absolute Gasteiger partial charge is 0.416 e. The molecule has 6 heteroatoms. The van der Waals surface area contributed by atoms with Crippen LogP contribution in [-0.4, -0.2) is 6.03 Å². The van der Waals surface area contributed by atoms with E-state index in [4.69, 9.17) is 0 Å². The monoisotopic (exact) mass is 284 g/mol. The van der Waals surface area contributed by atoms with E-state index in [0.29, 0.717) is 5.92 Å². The number of allylic oxidation sites excluding steroid dienone is 1. The molecule has 20 heavy (non-hydrogen) atoms. The summed E-state index contributed by atoms with van der Waals surface area (Å²) in [5, 5.41) is 4.89. The zero-order valence-corrected chi connectivity index (χ0v) is 10.9. The van der Waals surface area contributed by atoms with Crippen LogP contribution in [0.4, 0.5) is 23.7 Å². The molecule has 1 fully saturated rings. The Morgan fingerprint density at radius 1 is 1.35 bits per heavy atom. The Balaban J connectivity index is 1.95. The van der Waals surface area contributed by atoms with Crippen LogP contribution in [0.1, 0.15) is 25.3 Å². The summed E-state index contributed by atoms with van der Waals surface area (Å²) in [5.74, 6) is 0.531. The molecule has 108 valence electrons. The summed E-state index contributed by atoms with van der Waals surface area (Å²) < 4.78 is 37.6. The molecule has 1 aliphatic rings. The Morgan fingerprint density at radius 3 is 2.65 bits per heavy atom. The number of urea groups is 1. The third-order valence-corrected chi connectivity index (χ3v) is 3.10. The molecule has 1 aromatic rings. The lowest BCUT2D eigenvalue weighted by atomic mass is 10.2. The number of nitrogens with one attached hydrogen (secondary N) is 2. The van der Waals surface area contributed by atoms with Crippen LogP contribution in [0.3, 0.4) is 0 Å². The fraction of sp³-hybridized carbons (Fsp3) is 0.357. The van der Waals surface area contributed by atoms with Crippen LogP contribution >= 0.6 is 0 Å². The molecule has 2 amide bonds. The van der Waals surface area contributed by atoms with Crippen molar-refractivity contribution >= 4 is 11.7 Å². The molecule has 0 spiro atoms. The number of rotatable bonds is 3. The molecule has 3 nitrogen and oxygen atoms in total. The van der Waals surface area contributed by atoms with Crippen molar-refractivity contribution in [3.8, 4) is 0 Å². The molecule has 0 unspecified atom stereocenters. The first-order valence-electron chi connectivity index (χ1n) is 6.27. The van der Waals surface area contributed by atoms with E-state index in [9.17, 15) is 18.0 Å². The van der Waals surface area contributed by atoms with E-state index in [1.165, 1.54) is 12.1 Å². The maximum atomic E-state index is 12.5. The van der Waals surface area contributed by atoms with Crippen molar-refractivity contribution in [2.75, 3.05) is 5.32 Å². The summed E-state index contributed by atoms with van der Waals surface area (Å²) in [6.45, 7) is 1.92. The van der Waals surface area contributed by atoms with Crippen molar-refractivity contribution in [1.82, 2.24) is 5.32 Å². The molecule has 0 aromatic heterocycles. The van der Waals surface area contributed by atoms with Gasteiger partial charge in [-0.15, -0.1) is 0 Å². The highest BCUT2D eigenvalue weighted by atomic mass is 19.4. The van der Waals surface area contributed by atoms with Gasteiger partial charge in [-0.05, 0) is 43.9 Å². The van der Waals surface area contributed by atoms with Gasteiger partial charge in [-0.1, -0.05) is 11.6 Å². The van der Waals surface area contributed by atoms with Crippen molar-refractivity contribution in [3.63, 3.8) is 0 Å². The van der Waals surface area contributed by atoms with Crippen molar-refractivity contribution < 1.29 is 18.0 Å². The minimum Gasteiger partial charge on any atom is -0.314 e. The van der Waals surface area contributed by atoms with E-state index in [1.54, 1.807) is 6.20 Å². The van der Waals surface area contributed by atoms with Crippen LogP contribution < -0.4 is 10.6 Å². The highest BCUT2D eigenvalue weighted by molar-refractivity contribution is 5.90. The lowest BCUT2D eigenvalue weighted by molar-refractivity contribution is -0.137. The van der Waals surface area contributed by atoms with Gasteiger partial charge in [0, 0.05) is 11.9 Å². The van der Waals surface area contributed by atoms with Gasteiger partial charge in [0.1, 0.15) is 0 Å². The second kappa shape index (κ2) is 5.56. The molecule has 2 N–H and O–H groups in total. The van der Waals surface area contributed by atoms with Gasteiger partial charge < -0.3 is 10.6 Å². The SMILES string of the molecule is C/C(=C\NC(=O)Nc1cccc(C(F)(F)F)c1)C1CC1. The van der Waals surface area contributed by atoms with Gasteiger partial charge in [0.2, 0.25) is 0 Å². The van der Waals surface area contributed by atoms with Gasteiger partial charge in [-0.3, -0.25) is 0 Å². The number of anilines is 1. The zero-order valence-electron chi connectivity index (χ0n) is 10.9. The van der Waals surface area contributed by atoms with Crippen molar-refractivity contribution in [3.05, 3.63) is 41.6 Å². The summed E-state index contributed by atoms with van der Waals surface area (Å²) in [6, 6.07) is 3.97. The molecule has 2 rings (SSSR count). The number of hydrogen-bond acceptors (Lipinski definition) is 1. The molecule has 1 saturated carbocycles. The fourth-order valence-electron chi connectivity index (χ4n) is 1.78. The molecule has 1 aromatic carbocycles. The van der Waals surface area contributed by atoms with Gasteiger partial charge in [0.25, 0.3) is 0 Å². The molecule has 0 heterocycles. The van der Waals surface area contributed by atoms with Crippen molar-refractivity contribution in [2.24, 2.45) is 5.92 Å². The third kappa shape index (κ3) is 4.01. The number of alkyl halides is 3. The number of carbonyl (C=O) groups is 1. The molecule has 0 atom stereocenters. The smallest absolute Gasteiger partial charge is 0.314 e. The van der Waals surface area contributed by atoms with E-state index >= 15 is 0 Å². The predicted molar refractivity (Wildman–Crippen MR) is 70.1 cm³/mol. The van der Waals surface area contributed by atoms with E-state index in [2.05, 4.69) is 10.6 Å². The second-order valence-corrected chi connectivity index (χ2v) is 4.84. The summed E-state index contributed by atoms with van der Waals surface area (Å²) in [5.41, 5.74) is 0.388. The minimum atomic E-state index is -4.42. The maximum Gasteiger partial charge on any atom is 0.416 e. The van der Waals surface area contributed by atoms with Gasteiger partial charge >= 0.3 is 12.2 Å². The second-order valence-electron chi connectivity index (χ2n) is 4.84. The number of hydrogen-bond donors (Lipinski definition) is 2. The van der Waals surface area contributed by atoms with E-state index in [1.807, 2.05) is 6.92 Å². The topological polar surface area (TPSA) is 41.1 Å². The fourth-order valence-corrected chi connectivity index (χ4v) is 1.78. The van der Waals surface area contributed by atoms with E-state index in [0.717, 1.165) is 30.5 Å². The lowest BCUT2D eigenvalue weighted by Crippen LogP contribution is -2.24. The molecule has 0 bridgehead atoms. The predicted octanol–water partition coefficient (Wildman–Crippen LogP) is 4.14. The Bertz CT molecular complexity index is 533.